The summed E-state index contributed by atoms with van der Waals surface area (Å²) >= 11 is 0. The summed E-state index contributed by atoms with van der Waals surface area (Å²) in [6, 6.07) is 0.381. The first-order chi connectivity index (χ1) is 8.01. The van der Waals surface area contributed by atoms with Gasteiger partial charge in [0.15, 0.2) is 0 Å². The predicted molar refractivity (Wildman–Crippen MR) is 76.1 cm³/mol. The van der Waals surface area contributed by atoms with E-state index in [4.69, 9.17) is 5.73 Å². The lowest BCUT2D eigenvalue weighted by Gasteiger charge is -2.43. The first-order valence-corrected chi connectivity index (χ1v) is 7.49. The van der Waals surface area contributed by atoms with Gasteiger partial charge in [0.1, 0.15) is 0 Å². The van der Waals surface area contributed by atoms with Gasteiger partial charge in [0.05, 0.1) is 0 Å². The van der Waals surface area contributed by atoms with Crippen molar-refractivity contribution in [1.82, 2.24) is 4.90 Å². The van der Waals surface area contributed by atoms with Crippen LogP contribution in [0.5, 0.6) is 0 Å². The highest BCUT2D eigenvalue weighted by Gasteiger charge is 2.36. The SMILES string of the molecule is CCCCN(CC)CC1CCCC(C)(C)C1N. The van der Waals surface area contributed by atoms with Gasteiger partial charge in [-0.3, -0.25) is 0 Å². The summed E-state index contributed by atoms with van der Waals surface area (Å²) in [6.45, 7) is 12.8. The van der Waals surface area contributed by atoms with Crippen molar-refractivity contribution >= 4 is 0 Å². The van der Waals surface area contributed by atoms with Crippen molar-refractivity contribution in [2.24, 2.45) is 17.1 Å². The molecule has 1 fully saturated rings. The topological polar surface area (TPSA) is 29.3 Å². The summed E-state index contributed by atoms with van der Waals surface area (Å²) in [5.74, 6) is 0.704. The van der Waals surface area contributed by atoms with Gasteiger partial charge >= 0.3 is 0 Å². The molecule has 1 aliphatic rings. The third-order valence-electron chi connectivity index (χ3n) is 4.57. The van der Waals surface area contributed by atoms with Gasteiger partial charge in [-0.2, -0.15) is 0 Å². The van der Waals surface area contributed by atoms with Gasteiger partial charge in [0.2, 0.25) is 0 Å². The fourth-order valence-corrected chi connectivity index (χ4v) is 3.10. The molecule has 0 heterocycles. The smallest absolute Gasteiger partial charge is 0.0131 e. The monoisotopic (exact) mass is 240 g/mol. The van der Waals surface area contributed by atoms with Gasteiger partial charge < -0.3 is 10.6 Å². The van der Waals surface area contributed by atoms with Crippen LogP contribution >= 0.6 is 0 Å². The molecule has 0 bridgehead atoms. The van der Waals surface area contributed by atoms with Crippen LogP contribution in [-0.2, 0) is 0 Å². The van der Waals surface area contributed by atoms with Crippen molar-refractivity contribution < 1.29 is 0 Å². The predicted octanol–water partition coefficient (Wildman–Crippen LogP) is 3.26. The Morgan fingerprint density at radius 2 is 2.00 bits per heavy atom. The largest absolute Gasteiger partial charge is 0.327 e. The molecule has 2 heteroatoms. The Hall–Kier alpha value is -0.0800. The molecule has 0 radical (unpaired) electrons. The fraction of sp³-hybridized carbons (Fsp3) is 1.00. The van der Waals surface area contributed by atoms with Crippen LogP contribution < -0.4 is 5.73 Å². The molecule has 0 aromatic carbocycles. The number of hydrogen-bond donors (Lipinski definition) is 1. The number of rotatable bonds is 6. The van der Waals surface area contributed by atoms with E-state index in [1.54, 1.807) is 0 Å². The number of nitrogens with zero attached hydrogens (tertiary/aromatic N) is 1. The lowest BCUT2D eigenvalue weighted by atomic mass is 9.68. The second-order valence-corrected chi connectivity index (χ2v) is 6.41. The van der Waals surface area contributed by atoms with Gasteiger partial charge in [0, 0.05) is 12.6 Å². The lowest BCUT2D eigenvalue weighted by molar-refractivity contribution is 0.103. The molecule has 2 N–H and O–H groups in total. The second-order valence-electron chi connectivity index (χ2n) is 6.41. The molecule has 0 aromatic heterocycles. The van der Waals surface area contributed by atoms with E-state index in [0.717, 1.165) is 0 Å². The molecule has 2 unspecified atom stereocenters. The van der Waals surface area contributed by atoms with E-state index >= 15 is 0 Å². The van der Waals surface area contributed by atoms with Crippen LogP contribution in [0.1, 0.15) is 59.8 Å². The lowest BCUT2D eigenvalue weighted by Crippen LogP contribution is -2.50. The molecule has 102 valence electrons. The average molecular weight is 240 g/mol. The van der Waals surface area contributed by atoms with E-state index in [2.05, 4.69) is 32.6 Å². The summed E-state index contributed by atoms with van der Waals surface area (Å²) in [5.41, 5.74) is 6.80. The van der Waals surface area contributed by atoms with Crippen LogP contribution in [0.2, 0.25) is 0 Å². The molecule has 0 spiro atoms. The zero-order chi connectivity index (χ0) is 12.9. The van der Waals surface area contributed by atoms with Crippen molar-refractivity contribution in [3.05, 3.63) is 0 Å². The Morgan fingerprint density at radius 1 is 1.29 bits per heavy atom. The number of hydrogen-bond acceptors (Lipinski definition) is 2. The minimum Gasteiger partial charge on any atom is -0.327 e. The summed E-state index contributed by atoms with van der Waals surface area (Å²) in [4.78, 5) is 2.59. The van der Waals surface area contributed by atoms with Crippen LogP contribution in [0.15, 0.2) is 0 Å². The zero-order valence-corrected chi connectivity index (χ0v) is 12.3. The third-order valence-corrected chi connectivity index (χ3v) is 4.57. The molecule has 1 saturated carbocycles. The average Bonchev–Trinajstić information content (AvgIpc) is 2.29. The van der Waals surface area contributed by atoms with Crippen LogP contribution in [0.3, 0.4) is 0 Å². The number of unbranched alkanes of at least 4 members (excludes halogenated alkanes) is 1. The van der Waals surface area contributed by atoms with Gasteiger partial charge in [-0.1, -0.05) is 40.5 Å². The molecule has 0 aliphatic heterocycles. The van der Waals surface area contributed by atoms with Crippen molar-refractivity contribution in [2.45, 2.75) is 65.8 Å². The standard InChI is InChI=1S/C15H32N2/c1-5-7-11-17(6-2)12-13-9-8-10-15(3,4)14(13)16/h13-14H,5-12,16H2,1-4H3. The summed E-state index contributed by atoms with van der Waals surface area (Å²) in [5, 5.41) is 0. The second kappa shape index (κ2) is 6.75. The maximum absolute atomic E-state index is 6.46. The van der Waals surface area contributed by atoms with E-state index in [1.165, 1.54) is 51.7 Å². The Morgan fingerprint density at radius 3 is 2.59 bits per heavy atom. The van der Waals surface area contributed by atoms with Crippen LogP contribution in [0, 0.1) is 11.3 Å². The highest BCUT2D eigenvalue weighted by atomic mass is 15.1. The van der Waals surface area contributed by atoms with Crippen molar-refractivity contribution in [3.8, 4) is 0 Å². The van der Waals surface area contributed by atoms with Crippen LogP contribution in [0.4, 0.5) is 0 Å². The Labute approximate surface area is 108 Å². The van der Waals surface area contributed by atoms with Crippen molar-refractivity contribution in [3.63, 3.8) is 0 Å². The highest BCUT2D eigenvalue weighted by molar-refractivity contribution is 4.92. The molecule has 1 rings (SSSR count). The fourth-order valence-electron chi connectivity index (χ4n) is 3.10. The zero-order valence-electron chi connectivity index (χ0n) is 12.3. The summed E-state index contributed by atoms with van der Waals surface area (Å²) in [6.07, 6.45) is 6.59. The quantitative estimate of drug-likeness (QED) is 0.772. The molecule has 0 saturated heterocycles. The first-order valence-electron chi connectivity index (χ1n) is 7.49. The van der Waals surface area contributed by atoms with Gasteiger partial charge in [-0.05, 0) is 43.7 Å². The Balaban J connectivity index is 2.48. The molecule has 17 heavy (non-hydrogen) atoms. The molecule has 0 amide bonds. The minimum atomic E-state index is 0.340. The van der Waals surface area contributed by atoms with E-state index in [1.807, 2.05) is 0 Å². The molecule has 2 nitrogen and oxygen atoms in total. The van der Waals surface area contributed by atoms with Crippen molar-refractivity contribution in [1.29, 1.82) is 0 Å². The van der Waals surface area contributed by atoms with E-state index in [0.29, 0.717) is 17.4 Å². The van der Waals surface area contributed by atoms with E-state index in [-0.39, 0.29) is 0 Å². The molecular weight excluding hydrogens is 208 g/mol. The summed E-state index contributed by atoms with van der Waals surface area (Å²) < 4.78 is 0. The molecule has 0 aromatic rings. The van der Waals surface area contributed by atoms with Gasteiger partial charge in [-0.25, -0.2) is 0 Å². The maximum atomic E-state index is 6.46. The Bertz CT molecular complexity index is 213. The normalized spacial score (nSPS) is 28.6. The first kappa shape index (κ1) is 15.0. The molecular formula is C15H32N2. The minimum absolute atomic E-state index is 0.340. The Kier molecular flexibility index (Phi) is 5.94. The third kappa shape index (κ3) is 4.26. The van der Waals surface area contributed by atoms with Crippen molar-refractivity contribution in [2.75, 3.05) is 19.6 Å². The summed E-state index contributed by atoms with van der Waals surface area (Å²) in [7, 11) is 0. The van der Waals surface area contributed by atoms with E-state index in [9.17, 15) is 0 Å². The van der Waals surface area contributed by atoms with Crippen LogP contribution in [0.25, 0.3) is 0 Å². The molecule has 1 aliphatic carbocycles. The van der Waals surface area contributed by atoms with E-state index < -0.39 is 0 Å². The highest BCUT2D eigenvalue weighted by Crippen LogP contribution is 2.37. The number of nitrogens with two attached hydrogens (primary N) is 1. The maximum Gasteiger partial charge on any atom is 0.0131 e. The van der Waals surface area contributed by atoms with Gasteiger partial charge in [-0.15, -0.1) is 0 Å². The molecule has 2 atom stereocenters. The van der Waals surface area contributed by atoms with Gasteiger partial charge in [0.25, 0.3) is 0 Å². The van der Waals surface area contributed by atoms with Crippen LogP contribution in [-0.4, -0.2) is 30.6 Å².